The number of benzene rings is 3. The zero-order valence-electron chi connectivity index (χ0n) is 20.6. The molecule has 1 N–H and O–H groups in total. The Morgan fingerprint density at radius 2 is 1.51 bits per heavy atom. The number of carbonyl (C=O) groups is 2. The first-order valence-electron chi connectivity index (χ1n) is 12.7. The highest BCUT2D eigenvalue weighted by molar-refractivity contribution is 6.42. The fourth-order valence-corrected chi connectivity index (χ4v) is 5.35. The minimum absolute atomic E-state index is 0.0866. The molecule has 0 radical (unpaired) electrons. The van der Waals surface area contributed by atoms with Gasteiger partial charge >= 0.3 is 0 Å². The zero-order chi connectivity index (χ0) is 26.2. The average molecular weight is 558 g/mol. The third kappa shape index (κ3) is 7.73. The van der Waals surface area contributed by atoms with Gasteiger partial charge in [-0.2, -0.15) is 0 Å². The summed E-state index contributed by atoms with van der Waals surface area (Å²) in [4.78, 5) is 29.4. The average Bonchev–Trinajstić information content (AvgIpc) is 2.90. The van der Waals surface area contributed by atoms with E-state index in [0.29, 0.717) is 21.5 Å². The monoisotopic (exact) mass is 556 g/mol. The molecule has 1 aliphatic rings. The summed E-state index contributed by atoms with van der Waals surface area (Å²) in [5.74, 6) is -0.316. The second-order valence-electron chi connectivity index (χ2n) is 9.59. The maximum absolute atomic E-state index is 13.9. The standard InChI is InChI=1S/C30H31Cl3N2O2/c31-25-14-8-7-11-23(25)20-35(29(36)19-22-15-16-26(32)27(33)17-22)28(18-21-9-3-1-4-10-21)30(37)34-24-12-5-2-6-13-24/h1,3-4,7-11,14-17,24,28H,2,5-6,12-13,18-20H2,(H,34,37)/t28-/m0/s1. The fraction of sp³-hybridized carbons (Fsp3) is 0.333. The number of hydrogen-bond donors (Lipinski definition) is 1. The predicted molar refractivity (Wildman–Crippen MR) is 151 cm³/mol. The van der Waals surface area contributed by atoms with Crippen molar-refractivity contribution in [3.05, 3.63) is 105 Å². The molecule has 0 saturated heterocycles. The molecule has 0 bridgehead atoms. The van der Waals surface area contributed by atoms with Crippen LogP contribution in [0.25, 0.3) is 0 Å². The number of rotatable bonds is 9. The van der Waals surface area contributed by atoms with Crippen molar-refractivity contribution in [2.75, 3.05) is 0 Å². The van der Waals surface area contributed by atoms with E-state index in [1.807, 2.05) is 48.5 Å². The molecule has 3 aromatic rings. The molecule has 0 spiro atoms. The summed E-state index contributed by atoms with van der Waals surface area (Å²) in [5.41, 5.74) is 2.50. The number of amides is 2. The Bertz CT molecular complexity index is 1210. The SMILES string of the molecule is O=C(NC1CCCCC1)[C@H](Cc1ccccc1)N(Cc1ccccc1Cl)C(=O)Cc1ccc(Cl)c(Cl)c1. The summed E-state index contributed by atoms with van der Waals surface area (Å²) < 4.78 is 0. The molecule has 7 heteroatoms. The molecule has 0 heterocycles. The summed E-state index contributed by atoms with van der Waals surface area (Å²) in [6, 6.07) is 21.8. The second-order valence-corrected chi connectivity index (χ2v) is 10.8. The van der Waals surface area contributed by atoms with Crippen LogP contribution in [0.1, 0.15) is 48.8 Å². The molecular formula is C30H31Cl3N2O2. The van der Waals surface area contributed by atoms with Crippen molar-refractivity contribution in [1.82, 2.24) is 10.2 Å². The van der Waals surface area contributed by atoms with Crippen molar-refractivity contribution in [3.63, 3.8) is 0 Å². The van der Waals surface area contributed by atoms with Gasteiger partial charge in [0.15, 0.2) is 0 Å². The molecule has 1 atom stereocenters. The molecule has 0 aromatic heterocycles. The van der Waals surface area contributed by atoms with Gasteiger partial charge in [-0.05, 0) is 47.7 Å². The highest BCUT2D eigenvalue weighted by atomic mass is 35.5. The van der Waals surface area contributed by atoms with Crippen LogP contribution in [-0.2, 0) is 29.0 Å². The van der Waals surface area contributed by atoms with Gasteiger partial charge in [-0.1, -0.05) is 109 Å². The van der Waals surface area contributed by atoms with E-state index in [9.17, 15) is 9.59 Å². The van der Waals surface area contributed by atoms with Gasteiger partial charge in [-0.15, -0.1) is 0 Å². The van der Waals surface area contributed by atoms with Gasteiger partial charge in [-0.3, -0.25) is 9.59 Å². The van der Waals surface area contributed by atoms with Crippen molar-refractivity contribution >= 4 is 46.6 Å². The molecule has 37 heavy (non-hydrogen) atoms. The van der Waals surface area contributed by atoms with Gasteiger partial charge in [0, 0.05) is 24.0 Å². The van der Waals surface area contributed by atoms with Gasteiger partial charge in [-0.25, -0.2) is 0 Å². The second kappa shape index (κ2) is 13.3. The van der Waals surface area contributed by atoms with Crippen LogP contribution in [0.3, 0.4) is 0 Å². The van der Waals surface area contributed by atoms with Crippen LogP contribution in [0.2, 0.25) is 15.1 Å². The lowest BCUT2D eigenvalue weighted by molar-refractivity contribution is -0.141. The smallest absolute Gasteiger partial charge is 0.243 e. The summed E-state index contributed by atoms with van der Waals surface area (Å²) in [6.07, 6.45) is 5.82. The van der Waals surface area contributed by atoms with Crippen LogP contribution < -0.4 is 5.32 Å². The van der Waals surface area contributed by atoms with E-state index >= 15 is 0 Å². The van der Waals surface area contributed by atoms with Crippen molar-refractivity contribution in [1.29, 1.82) is 0 Å². The molecule has 1 aliphatic carbocycles. The molecule has 4 rings (SSSR count). The van der Waals surface area contributed by atoms with Gasteiger partial charge in [0.2, 0.25) is 11.8 Å². The Labute approximate surface area is 233 Å². The molecule has 1 saturated carbocycles. The van der Waals surface area contributed by atoms with Crippen molar-refractivity contribution in [3.8, 4) is 0 Å². The quantitative estimate of drug-likeness (QED) is 0.301. The fourth-order valence-electron chi connectivity index (χ4n) is 4.83. The van der Waals surface area contributed by atoms with Gasteiger partial charge in [0.25, 0.3) is 0 Å². The lowest BCUT2D eigenvalue weighted by Crippen LogP contribution is -2.53. The summed E-state index contributed by atoms with van der Waals surface area (Å²) in [7, 11) is 0. The number of carbonyl (C=O) groups excluding carboxylic acids is 2. The number of nitrogens with zero attached hydrogens (tertiary/aromatic N) is 1. The summed E-state index contributed by atoms with van der Waals surface area (Å²) in [6.45, 7) is 0.218. The van der Waals surface area contributed by atoms with Crippen LogP contribution in [-0.4, -0.2) is 28.8 Å². The Balaban J connectivity index is 1.67. The third-order valence-corrected chi connectivity index (χ3v) is 7.97. The first kappa shape index (κ1) is 27.5. The third-order valence-electron chi connectivity index (χ3n) is 6.86. The maximum atomic E-state index is 13.9. The zero-order valence-corrected chi connectivity index (χ0v) is 22.9. The van der Waals surface area contributed by atoms with E-state index in [2.05, 4.69) is 5.32 Å². The molecule has 194 valence electrons. The van der Waals surface area contributed by atoms with Crippen LogP contribution in [0, 0.1) is 0 Å². The van der Waals surface area contributed by atoms with Crippen LogP contribution in [0.4, 0.5) is 0 Å². The number of halogens is 3. The number of hydrogen-bond acceptors (Lipinski definition) is 2. The van der Waals surface area contributed by atoms with Gasteiger partial charge < -0.3 is 10.2 Å². The Kier molecular flexibility index (Phi) is 9.90. The number of nitrogens with one attached hydrogen (secondary N) is 1. The topological polar surface area (TPSA) is 49.4 Å². The van der Waals surface area contributed by atoms with Gasteiger partial charge in [0.1, 0.15) is 6.04 Å². The van der Waals surface area contributed by atoms with E-state index in [1.165, 1.54) is 6.42 Å². The maximum Gasteiger partial charge on any atom is 0.243 e. The first-order valence-corrected chi connectivity index (χ1v) is 13.8. The van der Waals surface area contributed by atoms with E-state index < -0.39 is 6.04 Å². The van der Waals surface area contributed by atoms with E-state index in [4.69, 9.17) is 34.8 Å². The molecule has 0 unspecified atom stereocenters. The molecule has 3 aromatic carbocycles. The Morgan fingerprint density at radius 1 is 0.811 bits per heavy atom. The molecule has 4 nitrogen and oxygen atoms in total. The molecule has 1 fully saturated rings. The van der Waals surface area contributed by atoms with Crippen LogP contribution in [0.5, 0.6) is 0 Å². The van der Waals surface area contributed by atoms with E-state index in [-0.39, 0.29) is 30.8 Å². The van der Waals surface area contributed by atoms with Crippen LogP contribution in [0.15, 0.2) is 72.8 Å². The predicted octanol–water partition coefficient (Wildman–Crippen LogP) is 7.28. The molecule has 2 amide bonds. The Hall–Kier alpha value is -2.53. The van der Waals surface area contributed by atoms with E-state index in [1.54, 1.807) is 29.2 Å². The highest BCUT2D eigenvalue weighted by Gasteiger charge is 2.32. The van der Waals surface area contributed by atoms with E-state index in [0.717, 1.165) is 42.4 Å². The lowest BCUT2D eigenvalue weighted by atomic mass is 9.94. The highest BCUT2D eigenvalue weighted by Crippen LogP contribution is 2.25. The largest absolute Gasteiger partial charge is 0.352 e. The van der Waals surface area contributed by atoms with Crippen molar-refractivity contribution in [2.24, 2.45) is 0 Å². The van der Waals surface area contributed by atoms with Gasteiger partial charge in [0.05, 0.1) is 16.5 Å². The first-order chi connectivity index (χ1) is 17.9. The molecule has 0 aliphatic heterocycles. The normalized spacial score (nSPS) is 14.7. The Morgan fingerprint density at radius 3 is 2.22 bits per heavy atom. The minimum atomic E-state index is -0.698. The summed E-state index contributed by atoms with van der Waals surface area (Å²) >= 11 is 18.8. The lowest BCUT2D eigenvalue weighted by Gasteiger charge is -2.34. The summed E-state index contributed by atoms with van der Waals surface area (Å²) in [5, 5.41) is 4.63. The van der Waals surface area contributed by atoms with Crippen molar-refractivity contribution in [2.45, 2.75) is 63.6 Å². The molecular weight excluding hydrogens is 527 g/mol. The van der Waals surface area contributed by atoms with Crippen molar-refractivity contribution < 1.29 is 9.59 Å². The van der Waals surface area contributed by atoms with Crippen LogP contribution >= 0.6 is 34.8 Å². The minimum Gasteiger partial charge on any atom is -0.352 e.